The minimum atomic E-state index is -1.12. The van der Waals surface area contributed by atoms with Gasteiger partial charge in [0.05, 0.1) is 6.10 Å². The Balaban J connectivity index is 1.54. The van der Waals surface area contributed by atoms with E-state index < -0.39 is 30.6 Å². The maximum Gasteiger partial charge on any atom is 0.318 e. The van der Waals surface area contributed by atoms with E-state index in [9.17, 15) is 14.7 Å². The van der Waals surface area contributed by atoms with E-state index >= 15 is 0 Å². The summed E-state index contributed by atoms with van der Waals surface area (Å²) in [6, 6.07) is 9.82. The Morgan fingerprint density at radius 1 is 1.09 bits per heavy atom. The van der Waals surface area contributed by atoms with Crippen LogP contribution in [0.25, 0.3) is 0 Å². The molecular formula is C23H25ClN4O4. The molecule has 2 heterocycles. The minimum absolute atomic E-state index is 0.430. The number of carbonyl (C=O) groups excluding carboxylic acids is 2. The van der Waals surface area contributed by atoms with Crippen LogP contribution in [0, 0.1) is 11.8 Å². The van der Waals surface area contributed by atoms with Crippen molar-refractivity contribution in [3.05, 3.63) is 58.9 Å². The number of nitrogens with one attached hydrogen (secondary N) is 1. The van der Waals surface area contributed by atoms with Crippen LogP contribution in [0.5, 0.6) is 0 Å². The van der Waals surface area contributed by atoms with Crippen LogP contribution in [0.4, 0.5) is 10.5 Å². The summed E-state index contributed by atoms with van der Waals surface area (Å²) in [5, 5.41) is 21.6. The third-order valence-electron chi connectivity index (χ3n) is 5.14. The second-order valence-electron chi connectivity index (χ2n) is 7.43. The van der Waals surface area contributed by atoms with E-state index in [0.29, 0.717) is 31.3 Å². The molecule has 0 spiro atoms. The van der Waals surface area contributed by atoms with Crippen molar-refractivity contribution in [1.29, 1.82) is 0 Å². The summed E-state index contributed by atoms with van der Waals surface area (Å²) >= 11 is 5.78. The number of piperazine rings is 1. The first-order valence-electron chi connectivity index (χ1n) is 10.2. The van der Waals surface area contributed by atoms with Crippen molar-refractivity contribution in [1.82, 2.24) is 15.2 Å². The van der Waals surface area contributed by atoms with Crippen molar-refractivity contribution in [2.75, 3.05) is 37.7 Å². The molecule has 32 heavy (non-hydrogen) atoms. The number of hydrogen-bond acceptors (Lipinski definition) is 6. The molecule has 0 saturated carbocycles. The number of aromatic nitrogens is 1. The molecule has 2 aromatic rings. The molecule has 2 amide bonds. The molecule has 3 rings (SSSR count). The Kier molecular flexibility index (Phi) is 8.06. The fourth-order valence-corrected chi connectivity index (χ4v) is 3.42. The molecule has 1 aromatic carbocycles. The molecule has 168 valence electrons. The van der Waals surface area contributed by atoms with Gasteiger partial charge in [-0.15, -0.1) is 0 Å². The van der Waals surface area contributed by atoms with Crippen molar-refractivity contribution in [2.45, 2.75) is 19.1 Å². The average molecular weight is 457 g/mol. The maximum absolute atomic E-state index is 12.5. The summed E-state index contributed by atoms with van der Waals surface area (Å²) in [4.78, 5) is 31.9. The fraction of sp³-hybridized carbons (Fsp3) is 0.348. The molecule has 0 radical (unpaired) electrons. The lowest BCUT2D eigenvalue weighted by molar-refractivity contribution is -0.125. The van der Waals surface area contributed by atoms with Crippen LogP contribution in [0.15, 0.2) is 42.6 Å². The largest absolute Gasteiger partial charge is 0.391 e. The highest BCUT2D eigenvalue weighted by Crippen LogP contribution is 2.17. The Bertz CT molecular complexity index is 991. The summed E-state index contributed by atoms with van der Waals surface area (Å²) in [5.74, 6) is 5.52. The van der Waals surface area contributed by atoms with Crippen LogP contribution in [0.1, 0.15) is 18.1 Å². The van der Waals surface area contributed by atoms with Crippen molar-refractivity contribution in [2.24, 2.45) is 0 Å². The molecule has 1 fully saturated rings. The monoisotopic (exact) mass is 456 g/mol. The van der Waals surface area contributed by atoms with Crippen LogP contribution in [0.3, 0.4) is 0 Å². The number of carbonyl (C=O) groups is 2. The van der Waals surface area contributed by atoms with Gasteiger partial charge in [0.15, 0.2) is 5.78 Å². The second kappa shape index (κ2) is 11.0. The predicted molar refractivity (Wildman–Crippen MR) is 122 cm³/mol. The molecule has 0 unspecified atom stereocenters. The number of amides is 2. The van der Waals surface area contributed by atoms with E-state index in [1.807, 2.05) is 30.3 Å². The third kappa shape index (κ3) is 6.20. The number of aliphatic hydroxyl groups is 2. The highest BCUT2D eigenvalue weighted by atomic mass is 35.5. The minimum Gasteiger partial charge on any atom is -0.391 e. The van der Waals surface area contributed by atoms with Crippen LogP contribution < -0.4 is 10.2 Å². The number of aliphatic hydroxyl groups excluding tert-OH is 2. The average Bonchev–Trinajstić information content (AvgIpc) is 2.82. The summed E-state index contributed by atoms with van der Waals surface area (Å²) in [7, 11) is 0. The third-order valence-corrected chi connectivity index (χ3v) is 5.37. The molecule has 3 N–H and O–H groups in total. The zero-order valence-electron chi connectivity index (χ0n) is 17.7. The van der Waals surface area contributed by atoms with Crippen molar-refractivity contribution < 1.29 is 19.8 Å². The number of hydrogen-bond donors (Lipinski definition) is 3. The predicted octanol–water partition coefficient (Wildman–Crippen LogP) is 1.28. The van der Waals surface area contributed by atoms with Gasteiger partial charge in [-0.25, -0.2) is 9.78 Å². The number of pyridine rings is 1. The summed E-state index contributed by atoms with van der Waals surface area (Å²) in [6.07, 6.45) is 0.542. The van der Waals surface area contributed by atoms with Crippen LogP contribution in [-0.2, 0) is 4.79 Å². The van der Waals surface area contributed by atoms with Gasteiger partial charge < -0.3 is 25.3 Å². The molecule has 8 nitrogen and oxygen atoms in total. The Morgan fingerprint density at radius 2 is 1.72 bits per heavy atom. The van der Waals surface area contributed by atoms with Crippen molar-refractivity contribution in [3.8, 4) is 11.8 Å². The van der Waals surface area contributed by atoms with Gasteiger partial charge in [0.25, 0.3) is 0 Å². The number of halogens is 1. The highest BCUT2D eigenvalue weighted by Gasteiger charge is 2.28. The van der Waals surface area contributed by atoms with Gasteiger partial charge in [-0.2, -0.15) is 0 Å². The SMILES string of the molecule is C[C@H](O)[C@@H](NC(=O)N1CCN(c2ccc(C#Cc3ccc(Cl)nc3)cc2)CC1)C(=O)CO. The number of Topliss-reactive ketones (excluding diaryl/α,β-unsaturated/α-hetero) is 1. The lowest BCUT2D eigenvalue weighted by Gasteiger charge is -2.36. The van der Waals surface area contributed by atoms with Gasteiger partial charge in [-0.1, -0.05) is 23.4 Å². The van der Waals surface area contributed by atoms with Gasteiger partial charge in [0.1, 0.15) is 17.8 Å². The number of anilines is 1. The summed E-state index contributed by atoms with van der Waals surface area (Å²) in [5.41, 5.74) is 2.69. The van der Waals surface area contributed by atoms with E-state index in [4.69, 9.17) is 16.7 Å². The number of urea groups is 1. The number of nitrogens with zero attached hydrogens (tertiary/aromatic N) is 3. The van der Waals surface area contributed by atoms with Gasteiger partial charge in [-0.3, -0.25) is 4.79 Å². The van der Waals surface area contributed by atoms with E-state index in [1.54, 1.807) is 17.2 Å². The first kappa shape index (κ1) is 23.5. The van der Waals surface area contributed by atoms with Crippen molar-refractivity contribution >= 4 is 29.1 Å². The standard InChI is InChI=1S/C23H25ClN4O4/c1-16(30)22(20(31)15-29)26-23(32)28-12-10-27(11-13-28)19-7-4-17(5-8-19)2-3-18-6-9-21(24)25-14-18/h4-9,14,16,22,29-30H,10-13,15H2,1H3,(H,26,32)/t16-,22+/m0/s1. The van der Waals surface area contributed by atoms with E-state index in [-0.39, 0.29) is 0 Å². The lowest BCUT2D eigenvalue weighted by atomic mass is 10.1. The van der Waals surface area contributed by atoms with Gasteiger partial charge in [0.2, 0.25) is 0 Å². The Morgan fingerprint density at radius 3 is 2.28 bits per heavy atom. The molecule has 9 heteroatoms. The van der Waals surface area contributed by atoms with Crippen molar-refractivity contribution in [3.63, 3.8) is 0 Å². The topological polar surface area (TPSA) is 106 Å². The Hall–Kier alpha value is -3.12. The van der Waals surface area contributed by atoms with Gasteiger partial charge >= 0.3 is 6.03 Å². The van der Waals surface area contributed by atoms with E-state index in [0.717, 1.165) is 16.8 Å². The molecule has 0 aliphatic carbocycles. The zero-order chi connectivity index (χ0) is 23.1. The summed E-state index contributed by atoms with van der Waals surface area (Å²) < 4.78 is 0. The number of ketones is 1. The van der Waals surface area contributed by atoms with Crippen LogP contribution in [0.2, 0.25) is 5.15 Å². The maximum atomic E-state index is 12.5. The number of rotatable bonds is 5. The van der Waals surface area contributed by atoms with Crippen LogP contribution >= 0.6 is 11.6 Å². The molecule has 2 atom stereocenters. The Labute approximate surface area is 191 Å². The number of benzene rings is 1. The lowest BCUT2D eigenvalue weighted by Crippen LogP contribution is -2.57. The fourth-order valence-electron chi connectivity index (χ4n) is 3.31. The van der Waals surface area contributed by atoms with E-state index in [1.165, 1.54) is 6.92 Å². The molecule has 1 aliphatic rings. The van der Waals surface area contributed by atoms with Gasteiger partial charge in [-0.05, 0) is 43.3 Å². The zero-order valence-corrected chi connectivity index (χ0v) is 18.4. The summed E-state index contributed by atoms with van der Waals surface area (Å²) in [6.45, 7) is 2.86. The van der Waals surface area contributed by atoms with E-state index in [2.05, 4.69) is 27.0 Å². The highest BCUT2D eigenvalue weighted by molar-refractivity contribution is 6.29. The molecule has 1 aromatic heterocycles. The first-order chi connectivity index (χ1) is 15.4. The quantitative estimate of drug-likeness (QED) is 0.462. The normalized spacial score (nSPS) is 15.4. The van der Waals surface area contributed by atoms with Gasteiger partial charge in [0, 0.05) is 49.2 Å². The molecular weight excluding hydrogens is 432 g/mol. The molecule has 1 saturated heterocycles. The van der Waals surface area contributed by atoms with Crippen LogP contribution in [-0.4, -0.2) is 76.8 Å². The second-order valence-corrected chi connectivity index (χ2v) is 7.82. The molecule has 1 aliphatic heterocycles. The smallest absolute Gasteiger partial charge is 0.318 e. The first-order valence-corrected chi connectivity index (χ1v) is 10.6. The molecule has 0 bridgehead atoms.